The summed E-state index contributed by atoms with van der Waals surface area (Å²) in [7, 11) is 0. The minimum Gasteiger partial charge on any atom is -0.462 e. The second kappa shape index (κ2) is 3.30. The zero-order valence-corrected chi connectivity index (χ0v) is 6.69. The summed E-state index contributed by atoms with van der Waals surface area (Å²) >= 11 is 0. The Labute approximate surface area is 71.5 Å². The zero-order chi connectivity index (χ0) is 8.23. The molecule has 2 heteroatoms. The van der Waals surface area contributed by atoms with Gasteiger partial charge >= 0.3 is 0 Å². The second-order valence-electron chi connectivity index (χ2n) is 2.59. The van der Waals surface area contributed by atoms with Crippen molar-refractivity contribution < 1.29 is 9.47 Å². The summed E-state index contributed by atoms with van der Waals surface area (Å²) < 4.78 is 10.5. The SMILES string of the molecule is C1=COC(C2=CCC=CO2)=CC1. The highest BCUT2D eigenvalue weighted by molar-refractivity contribution is 5.26. The molecule has 0 aromatic rings. The fourth-order valence-electron chi connectivity index (χ4n) is 1.12. The van der Waals surface area contributed by atoms with Crippen LogP contribution in [0.25, 0.3) is 0 Å². The molecule has 0 amide bonds. The van der Waals surface area contributed by atoms with Crippen LogP contribution in [0.15, 0.2) is 48.3 Å². The van der Waals surface area contributed by atoms with Crippen molar-refractivity contribution in [3.63, 3.8) is 0 Å². The maximum atomic E-state index is 5.27. The van der Waals surface area contributed by atoms with Gasteiger partial charge < -0.3 is 9.47 Å². The van der Waals surface area contributed by atoms with E-state index in [1.165, 1.54) is 0 Å². The van der Waals surface area contributed by atoms with Crippen LogP contribution in [0.1, 0.15) is 12.8 Å². The maximum absolute atomic E-state index is 5.27. The second-order valence-corrected chi connectivity index (χ2v) is 2.59. The Hall–Kier alpha value is -1.44. The Bertz CT molecular complexity index is 252. The molecule has 0 saturated carbocycles. The standard InChI is InChI=1S/C10H10O2/c1-3-7-11-9(5-1)10-6-2-4-8-12-10/h3-8H,1-2H2. The van der Waals surface area contributed by atoms with E-state index < -0.39 is 0 Å². The summed E-state index contributed by atoms with van der Waals surface area (Å²) in [4.78, 5) is 0. The number of rotatable bonds is 1. The van der Waals surface area contributed by atoms with E-state index in [1.54, 1.807) is 12.5 Å². The number of hydrogen-bond donors (Lipinski definition) is 0. The Balaban J connectivity index is 2.08. The van der Waals surface area contributed by atoms with E-state index in [0.717, 1.165) is 24.4 Å². The molecule has 2 aliphatic rings. The van der Waals surface area contributed by atoms with Gasteiger partial charge in [0.1, 0.15) is 0 Å². The molecule has 2 rings (SSSR count). The molecule has 0 aliphatic carbocycles. The van der Waals surface area contributed by atoms with Crippen LogP contribution in [0.4, 0.5) is 0 Å². The van der Waals surface area contributed by atoms with Gasteiger partial charge in [0.2, 0.25) is 0 Å². The fourth-order valence-corrected chi connectivity index (χ4v) is 1.12. The first-order chi connectivity index (χ1) is 5.97. The summed E-state index contributed by atoms with van der Waals surface area (Å²) in [6, 6.07) is 0. The molecular formula is C10H10O2. The molecular weight excluding hydrogens is 152 g/mol. The van der Waals surface area contributed by atoms with Crippen LogP contribution in [0.2, 0.25) is 0 Å². The van der Waals surface area contributed by atoms with Crippen molar-refractivity contribution in [3.8, 4) is 0 Å². The van der Waals surface area contributed by atoms with Gasteiger partial charge in [-0.3, -0.25) is 0 Å². The number of hydrogen-bond acceptors (Lipinski definition) is 2. The third-order valence-electron chi connectivity index (χ3n) is 1.70. The first-order valence-corrected chi connectivity index (χ1v) is 4.01. The van der Waals surface area contributed by atoms with Crippen LogP contribution in [0.3, 0.4) is 0 Å². The molecule has 0 bridgehead atoms. The molecule has 0 unspecified atom stereocenters. The van der Waals surface area contributed by atoms with Gasteiger partial charge in [-0.2, -0.15) is 0 Å². The highest BCUT2D eigenvalue weighted by atomic mass is 16.5. The summed E-state index contributed by atoms with van der Waals surface area (Å²) in [6.45, 7) is 0. The van der Waals surface area contributed by atoms with E-state index in [4.69, 9.17) is 9.47 Å². The Morgan fingerprint density at radius 3 is 1.67 bits per heavy atom. The zero-order valence-electron chi connectivity index (χ0n) is 6.69. The van der Waals surface area contributed by atoms with E-state index >= 15 is 0 Å². The molecule has 2 aliphatic heterocycles. The lowest BCUT2D eigenvalue weighted by atomic mass is 10.2. The molecule has 0 saturated heterocycles. The van der Waals surface area contributed by atoms with Gasteiger partial charge in [-0.25, -0.2) is 0 Å². The van der Waals surface area contributed by atoms with Crippen LogP contribution in [0.5, 0.6) is 0 Å². The quantitative estimate of drug-likeness (QED) is 0.590. The first-order valence-electron chi connectivity index (χ1n) is 4.01. The van der Waals surface area contributed by atoms with E-state index in [2.05, 4.69) is 0 Å². The van der Waals surface area contributed by atoms with Gasteiger partial charge in [-0.1, -0.05) is 0 Å². The molecule has 0 fully saturated rings. The molecule has 12 heavy (non-hydrogen) atoms. The minimum absolute atomic E-state index is 0.821. The number of allylic oxidation sites excluding steroid dienone is 4. The van der Waals surface area contributed by atoms with Crippen molar-refractivity contribution in [2.75, 3.05) is 0 Å². The topological polar surface area (TPSA) is 18.5 Å². The van der Waals surface area contributed by atoms with E-state index in [1.807, 2.05) is 24.3 Å². The fraction of sp³-hybridized carbons (Fsp3) is 0.200. The lowest BCUT2D eigenvalue weighted by molar-refractivity contribution is 0.266. The van der Waals surface area contributed by atoms with Gasteiger partial charge in [-0.15, -0.1) is 0 Å². The van der Waals surface area contributed by atoms with Crippen LogP contribution < -0.4 is 0 Å². The normalized spacial score (nSPS) is 20.7. The molecule has 0 atom stereocenters. The lowest BCUT2D eigenvalue weighted by Gasteiger charge is -2.14. The van der Waals surface area contributed by atoms with E-state index in [-0.39, 0.29) is 0 Å². The molecule has 2 nitrogen and oxygen atoms in total. The molecule has 0 spiro atoms. The third-order valence-corrected chi connectivity index (χ3v) is 1.70. The van der Waals surface area contributed by atoms with Crippen molar-refractivity contribution in [3.05, 3.63) is 48.3 Å². The van der Waals surface area contributed by atoms with Gasteiger partial charge in [0.25, 0.3) is 0 Å². The van der Waals surface area contributed by atoms with Gasteiger partial charge in [0, 0.05) is 0 Å². The molecule has 0 radical (unpaired) electrons. The Morgan fingerprint density at radius 1 is 0.833 bits per heavy atom. The van der Waals surface area contributed by atoms with Crippen molar-refractivity contribution in [1.29, 1.82) is 0 Å². The van der Waals surface area contributed by atoms with Crippen LogP contribution in [0, 0.1) is 0 Å². The summed E-state index contributed by atoms with van der Waals surface area (Å²) in [6.07, 6.45) is 13.1. The predicted octanol–water partition coefficient (Wildman–Crippen LogP) is 2.62. The van der Waals surface area contributed by atoms with Crippen molar-refractivity contribution >= 4 is 0 Å². The molecule has 2 heterocycles. The molecule has 62 valence electrons. The average Bonchev–Trinajstić information content (AvgIpc) is 2.21. The predicted molar refractivity (Wildman–Crippen MR) is 45.9 cm³/mol. The van der Waals surface area contributed by atoms with Gasteiger partial charge in [0.05, 0.1) is 12.5 Å². The summed E-state index contributed by atoms with van der Waals surface area (Å²) in [5.41, 5.74) is 0. The summed E-state index contributed by atoms with van der Waals surface area (Å²) in [5.74, 6) is 1.64. The summed E-state index contributed by atoms with van der Waals surface area (Å²) in [5, 5.41) is 0. The van der Waals surface area contributed by atoms with Crippen LogP contribution in [-0.2, 0) is 9.47 Å². The molecule has 0 N–H and O–H groups in total. The Kier molecular flexibility index (Phi) is 1.99. The monoisotopic (exact) mass is 162 g/mol. The van der Waals surface area contributed by atoms with Crippen molar-refractivity contribution in [2.24, 2.45) is 0 Å². The smallest absolute Gasteiger partial charge is 0.164 e. The highest BCUT2D eigenvalue weighted by Crippen LogP contribution is 2.21. The van der Waals surface area contributed by atoms with Crippen LogP contribution in [-0.4, -0.2) is 0 Å². The van der Waals surface area contributed by atoms with Crippen LogP contribution >= 0.6 is 0 Å². The molecule has 0 aromatic carbocycles. The largest absolute Gasteiger partial charge is 0.462 e. The average molecular weight is 162 g/mol. The number of ether oxygens (including phenoxy) is 2. The first kappa shape index (κ1) is 7.22. The maximum Gasteiger partial charge on any atom is 0.164 e. The van der Waals surface area contributed by atoms with Gasteiger partial charge in [-0.05, 0) is 37.1 Å². The van der Waals surface area contributed by atoms with Gasteiger partial charge in [0.15, 0.2) is 11.5 Å². The Morgan fingerprint density at radius 2 is 1.33 bits per heavy atom. The van der Waals surface area contributed by atoms with Crippen molar-refractivity contribution in [2.45, 2.75) is 12.8 Å². The lowest BCUT2D eigenvalue weighted by Crippen LogP contribution is -1.98. The highest BCUT2D eigenvalue weighted by Gasteiger charge is 2.09. The van der Waals surface area contributed by atoms with E-state index in [0.29, 0.717) is 0 Å². The van der Waals surface area contributed by atoms with E-state index in [9.17, 15) is 0 Å². The minimum atomic E-state index is 0.821. The van der Waals surface area contributed by atoms with Crippen molar-refractivity contribution in [1.82, 2.24) is 0 Å². The third kappa shape index (κ3) is 1.42. The molecule has 0 aromatic heterocycles.